The second-order valence-electron chi connectivity index (χ2n) is 6.04. The summed E-state index contributed by atoms with van der Waals surface area (Å²) in [7, 11) is 3.01. The second-order valence-corrected chi connectivity index (χ2v) is 6.04. The van der Waals surface area contributed by atoms with Crippen LogP contribution in [0.2, 0.25) is 0 Å². The highest BCUT2D eigenvalue weighted by Crippen LogP contribution is 2.31. The van der Waals surface area contributed by atoms with Crippen molar-refractivity contribution in [2.75, 3.05) is 20.8 Å². The number of carbonyl (C=O) groups is 1. The van der Waals surface area contributed by atoms with Gasteiger partial charge in [0.1, 0.15) is 11.6 Å². The lowest BCUT2D eigenvalue weighted by molar-refractivity contribution is 0.0499. The SMILES string of the molecule is COc1cc2cc(CCCOC(=O)c3ccc(F)cc3)oc(=O)c2cc1OC. The molecule has 0 N–H and O–H groups in total. The lowest BCUT2D eigenvalue weighted by Crippen LogP contribution is -2.08. The minimum atomic E-state index is -0.531. The molecule has 3 rings (SSSR count). The van der Waals surface area contributed by atoms with Crippen molar-refractivity contribution >= 4 is 16.7 Å². The predicted molar refractivity (Wildman–Crippen MR) is 101 cm³/mol. The molecule has 0 fully saturated rings. The van der Waals surface area contributed by atoms with Gasteiger partial charge in [-0.1, -0.05) is 0 Å². The summed E-state index contributed by atoms with van der Waals surface area (Å²) < 4.78 is 33.8. The normalized spacial score (nSPS) is 10.7. The number of hydrogen-bond donors (Lipinski definition) is 0. The Morgan fingerprint density at radius 2 is 1.71 bits per heavy atom. The van der Waals surface area contributed by atoms with Crippen LogP contribution in [0.25, 0.3) is 10.8 Å². The van der Waals surface area contributed by atoms with E-state index in [-0.39, 0.29) is 12.2 Å². The lowest BCUT2D eigenvalue weighted by atomic mass is 10.1. The second kappa shape index (κ2) is 8.56. The molecule has 0 saturated carbocycles. The van der Waals surface area contributed by atoms with Gasteiger partial charge in [-0.05, 0) is 54.3 Å². The van der Waals surface area contributed by atoms with Crippen molar-refractivity contribution < 1.29 is 27.8 Å². The van der Waals surface area contributed by atoms with Gasteiger partial charge in [-0.3, -0.25) is 0 Å². The van der Waals surface area contributed by atoms with Crippen LogP contribution in [0.1, 0.15) is 22.5 Å². The van der Waals surface area contributed by atoms with E-state index >= 15 is 0 Å². The van der Waals surface area contributed by atoms with Crippen LogP contribution in [-0.2, 0) is 11.2 Å². The Morgan fingerprint density at radius 1 is 1.04 bits per heavy atom. The van der Waals surface area contributed by atoms with Gasteiger partial charge >= 0.3 is 11.6 Å². The molecule has 0 radical (unpaired) electrons. The van der Waals surface area contributed by atoms with Crippen molar-refractivity contribution in [3.05, 3.63) is 70.0 Å². The molecule has 146 valence electrons. The van der Waals surface area contributed by atoms with Crippen molar-refractivity contribution in [1.29, 1.82) is 0 Å². The Kier molecular flexibility index (Phi) is 5.93. The molecule has 0 spiro atoms. The maximum absolute atomic E-state index is 12.9. The van der Waals surface area contributed by atoms with E-state index in [1.165, 1.54) is 38.5 Å². The molecule has 28 heavy (non-hydrogen) atoms. The Balaban J connectivity index is 1.65. The molecule has 7 heteroatoms. The Hall–Kier alpha value is -3.35. The molecular weight excluding hydrogens is 367 g/mol. The van der Waals surface area contributed by atoms with Crippen LogP contribution in [0.4, 0.5) is 4.39 Å². The number of rotatable bonds is 7. The van der Waals surface area contributed by atoms with Crippen molar-refractivity contribution in [1.82, 2.24) is 0 Å². The van der Waals surface area contributed by atoms with E-state index in [4.69, 9.17) is 18.6 Å². The highest BCUT2D eigenvalue weighted by atomic mass is 19.1. The molecule has 1 heterocycles. The molecule has 0 unspecified atom stereocenters. The number of halogens is 1. The van der Waals surface area contributed by atoms with E-state index < -0.39 is 17.4 Å². The van der Waals surface area contributed by atoms with Crippen LogP contribution in [-0.4, -0.2) is 26.8 Å². The van der Waals surface area contributed by atoms with Gasteiger partial charge in [-0.2, -0.15) is 0 Å². The van der Waals surface area contributed by atoms with Crippen LogP contribution in [0, 0.1) is 5.82 Å². The number of aryl methyl sites for hydroxylation is 1. The molecule has 0 amide bonds. The fraction of sp³-hybridized carbons (Fsp3) is 0.238. The third kappa shape index (κ3) is 4.31. The highest BCUT2D eigenvalue weighted by molar-refractivity contribution is 5.89. The van der Waals surface area contributed by atoms with E-state index in [1.807, 2.05) is 0 Å². The van der Waals surface area contributed by atoms with Crippen molar-refractivity contribution in [2.45, 2.75) is 12.8 Å². The monoisotopic (exact) mass is 386 g/mol. The largest absolute Gasteiger partial charge is 0.493 e. The summed E-state index contributed by atoms with van der Waals surface area (Å²) in [5, 5.41) is 1.07. The molecule has 0 atom stereocenters. The summed E-state index contributed by atoms with van der Waals surface area (Å²) in [4.78, 5) is 24.1. The first kappa shape index (κ1) is 19.4. The average molecular weight is 386 g/mol. The number of carbonyl (C=O) groups excluding carboxylic acids is 1. The quantitative estimate of drug-likeness (QED) is 0.455. The van der Waals surface area contributed by atoms with Gasteiger partial charge in [-0.25, -0.2) is 14.0 Å². The topological polar surface area (TPSA) is 75.0 Å². The molecular formula is C21H19FO6. The summed E-state index contributed by atoms with van der Waals surface area (Å²) in [6.45, 7) is 0.143. The minimum absolute atomic E-state index is 0.143. The first-order valence-electron chi connectivity index (χ1n) is 8.63. The zero-order chi connectivity index (χ0) is 20.1. The van der Waals surface area contributed by atoms with E-state index in [2.05, 4.69) is 0 Å². The van der Waals surface area contributed by atoms with Gasteiger partial charge in [-0.15, -0.1) is 0 Å². The summed E-state index contributed by atoms with van der Waals surface area (Å²) in [5.41, 5.74) is -0.198. The molecule has 0 aliphatic rings. The third-order valence-electron chi connectivity index (χ3n) is 4.20. The Labute approximate surface area is 160 Å². The fourth-order valence-electron chi connectivity index (χ4n) is 2.77. The number of methoxy groups -OCH3 is 2. The number of ether oxygens (including phenoxy) is 3. The lowest BCUT2D eigenvalue weighted by Gasteiger charge is -2.09. The smallest absolute Gasteiger partial charge is 0.343 e. The third-order valence-corrected chi connectivity index (χ3v) is 4.20. The molecule has 2 aromatic carbocycles. The molecule has 0 aliphatic heterocycles. The molecule has 0 aliphatic carbocycles. The van der Waals surface area contributed by atoms with Gasteiger partial charge in [0.15, 0.2) is 11.5 Å². The Bertz CT molecular complexity index is 1040. The van der Waals surface area contributed by atoms with Gasteiger partial charge in [0.25, 0.3) is 0 Å². The summed E-state index contributed by atoms with van der Waals surface area (Å²) in [5.74, 6) is 0.485. The van der Waals surface area contributed by atoms with E-state index in [0.717, 1.165) is 0 Å². The molecule has 0 bridgehead atoms. The van der Waals surface area contributed by atoms with Gasteiger partial charge in [0.2, 0.25) is 0 Å². The zero-order valence-electron chi connectivity index (χ0n) is 15.5. The molecule has 0 saturated heterocycles. The molecule has 3 aromatic rings. The Morgan fingerprint density at radius 3 is 2.39 bits per heavy atom. The van der Waals surface area contributed by atoms with E-state index in [9.17, 15) is 14.0 Å². The number of hydrogen-bond acceptors (Lipinski definition) is 6. The summed E-state index contributed by atoms with van der Waals surface area (Å²) in [6.07, 6.45) is 0.880. The molecule has 6 nitrogen and oxygen atoms in total. The average Bonchev–Trinajstić information content (AvgIpc) is 2.70. The number of fused-ring (bicyclic) bond motifs is 1. The summed E-state index contributed by atoms with van der Waals surface area (Å²) in [6, 6.07) is 10.2. The fourth-order valence-corrected chi connectivity index (χ4v) is 2.77. The van der Waals surface area contributed by atoms with Crippen LogP contribution in [0.5, 0.6) is 11.5 Å². The van der Waals surface area contributed by atoms with Crippen LogP contribution >= 0.6 is 0 Å². The first-order chi connectivity index (χ1) is 13.5. The summed E-state index contributed by atoms with van der Waals surface area (Å²) >= 11 is 0. The predicted octanol–water partition coefficient (Wildman–Crippen LogP) is 3.74. The maximum atomic E-state index is 12.9. The van der Waals surface area contributed by atoms with Gasteiger partial charge in [0, 0.05) is 6.42 Å². The van der Waals surface area contributed by atoms with Gasteiger partial charge in [0.05, 0.1) is 31.8 Å². The number of benzene rings is 2. The number of esters is 1. The van der Waals surface area contributed by atoms with Crippen LogP contribution in [0.3, 0.4) is 0 Å². The minimum Gasteiger partial charge on any atom is -0.493 e. The standard InChI is InChI=1S/C21H19FO6/c1-25-18-11-14-10-16(28-21(24)17(14)12-19(18)26-2)4-3-9-27-20(23)13-5-7-15(22)8-6-13/h5-8,10-12H,3-4,9H2,1-2H3. The van der Waals surface area contributed by atoms with Crippen molar-refractivity contribution in [2.24, 2.45) is 0 Å². The van der Waals surface area contributed by atoms with Crippen LogP contribution in [0.15, 0.2) is 51.7 Å². The van der Waals surface area contributed by atoms with Crippen LogP contribution < -0.4 is 15.1 Å². The van der Waals surface area contributed by atoms with Crippen molar-refractivity contribution in [3.63, 3.8) is 0 Å². The van der Waals surface area contributed by atoms with E-state index in [0.29, 0.717) is 40.9 Å². The van der Waals surface area contributed by atoms with Gasteiger partial charge < -0.3 is 18.6 Å². The van der Waals surface area contributed by atoms with Crippen molar-refractivity contribution in [3.8, 4) is 11.5 Å². The van der Waals surface area contributed by atoms with E-state index in [1.54, 1.807) is 18.2 Å². The highest BCUT2D eigenvalue weighted by Gasteiger charge is 2.12. The molecule has 1 aromatic heterocycles. The maximum Gasteiger partial charge on any atom is 0.343 e. The first-order valence-corrected chi connectivity index (χ1v) is 8.63. The zero-order valence-corrected chi connectivity index (χ0v) is 15.5.